The summed E-state index contributed by atoms with van der Waals surface area (Å²) in [5.74, 6) is 0. The lowest BCUT2D eigenvalue weighted by molar-refractivity contribution is -0.671. The van der Waals surface area contributed by atoms with Crippen molar-refractivity contribution in [3.8, 4) is 0 Å². The predicted octanol–water partition coefficient (Wildman–Crippen LogP) is 2.99. The maximum Gasteiger partial charge on any atom is 0.243 e. The molecule has 2 rings (SSSR count). The van der Waals surface area contributed by atoms with Gasteiger partial charge in [-0.1, -0.05) is 26.7 Å². The van der Waals surface area contributed by atoms with Crippen molar-refractivity contribution < 1.29 is 9.13 Å². The topological polar surface area (TPSA) is 17.6 Å². The number of hydrogen-bond donors (Lipinski definition) is 2. The van der Waals surface area contributed by atoms with Crippen LogP contribution in [0.5, 0.6) is 0 Å². The summed E-state index contributed by atoms with van der Waals surface area (Å²) in [6.45, 7) is 6.72. The van der Waals surface area contributed by atoms with Crippen molar-refractivity contribution >= 4 is 23.3 Å². The summed E-state index contributed by atoms with van der Waals surface area (Å²) in [7, 11) is 4.09. The second kappa shape index (κ2) is 13.8. The highest BCUT2D eigenvalue weighted by atomic mass is 33.1. The fraction of sp³-hybridized carbons (Fsp3) is 0.625. The van der Waals surface area contributed by atoms with Gasteiger partial charge < -0.3 is 0 Å². The molecule has 0 radical (unpaired) electrons. The molecule has 0 unspecified atom stereocenters. The van der Waals surface area contributed by atoms with Crippen LogP contribution < -0.4 is 9.13 Å². The van der Waals surface area contributed by atoms with E-state index in [9.17, 15) is 0 Å². The fourth-order valence-corrected chi connectivity index (χ4v) is 1.95. The molecule has 22 heavy (non-hydrogen) atoms. The van der Waals surface area contributed by atoms with Crippen LogP contribution >= 0.6 is 23.3 Å². The molecule has 0 aliphatic heterocycles. The molecule has 2 aromatic heterocycles. The van der Waals surface area contributed by atoms with Crippen LogP contribution in [0.1, 0.15) is 39.5 Å². The Morgan fingerprint density at radius 3 is 1.36 bits per heavy atom. The molecule has 0 N–H and O–H groups in total. The third kappa shape index (κ3) is 9.95. The summed E-state index contributed by atoms with van der Waals surface area (Å²) in [6, 6.07) is 0. The molecule has 0 saturated carbocycles. The SMILES string of the molecule is CCCCn1cc[n+](C)c1.CCCCn1cc[n+](C)c1.SS. The van der Waals surface area contributed by atoms with Gasteiger partial charge in [-0.05, 0) is 12.8 Å². The predicted molar refractivity (Wildman–Crippen MR) is 99.0 cm³/mol. The van der Waals surface area contributed by atoms with E-state index in [2.05, 4.69) is 92.9 Å². The maximum absolute atomic E-state index is 3.22. The Morgan fingerprint density at radius 2 is 1.14 bits per heavy atom. The summed E-state index contributed by atoms with van der Waals surface area (Å²) in [5.41, 5.74) is 0. The van der Waals surface area contributed by atoms with Gasteiger partial charge in [-0.25, -0.2) is 18.3 Å². The van der Waals surface area contributed by atoms with Crippen molar-refractivity contribution in [1.29, 1.82) is 0 Å². The van der Waals surface area contributed by atoms with Gasteiger partial charge in [0.2, 0.25) is 12.7 Å². The Kier molecular flexibility index (Phi) is 13.2. The average Bonchev–Trinajstić information content (AvgIpc) is 3.14. The zero-order valence-electron chi connectivity index (χ0n) is 14.4. The van der Waals surface area contributed by atoms with Crippen LogP contribution in [0.4, 0.5) is 0 Å². The molecule has 0 aromatic carbocycles. The van der Waals surface area contributed by atoms with Crippen molar-refractivity contribution in [3.63, 3.8) is 0 Å². The molecule has 0 aliphatic rings. The Hall–Kier alpha value is -0.880. The molecule has 0 saturated heterocycles. The zero-order chi connectivity index (χ0) is 16.8. The minimum absolute atomic E-state index is 1.15. The van der Waals surface area contributed by atoms with E-state index in [1.165, 1.54) is 25.7 Å². The highest BCUT2D eigenvalue weighted by Gasteiger charge is 1.97. The summed E-state index contributed by atoms with van der Waals surface area (Å²) < 4.78 is 8.55. The van der Waals surface area contributed by atoms with Crippen LogP contribution in [0.15, 0.2) is 37.4 Å². The smallest absolute Gasteiger partial charge is 0.240 e. The molecular weight excluding hydrogens is 312 g/mol. The summed E-state index contributed by atoms with van der Waals surface area (Å²) in [6.07, 6.45) is 17.6. The van der Waals surface area contributed by atoms with Crippen molar-refractivity contribution in [2.75, 3.05) is 0 Å². The van der Waals surface area contributed by atoms with Crippen LogP contribution in [0.2, 0.25) is 0 Å². The first-order chi connectivity index (χ1) is 10.7. The van der Waals surface area contributed by atoms with E-state index in [1.807, 2.05) is 14.1 Å². The standard InChI is InChI=1S/2C8H15N2.H2S2/c2*1-3-4-5-10-7-6-9(2)8-10;1-2/h2*6-8H,3-5H2,1-2H3;1-2H/q2*+1;. The van der Waals surface area contributed by atoms with Gasteiger partial charge in [0, 0.05) is 0 Å². The quantitative estimate of drug-likeness (QED) is 0.456. The number of unbranched alkanes of at least 4 members (excludes halogenated alkanes) is 2. The van der Waals surface area contributed by atoms with Crippen LogP contribution in [-0.4, -0.2) is 9.13 Å². The van der Waals surface area contributed by atoms with Crippen LogP contribution in [0, 0.1) is 0 Å². The Bertz CT molecular complexity index is 436. The molecule has 0 amide bonds. The highest BCUT2D eigenvalue weighted by molar-refractivity contribution is 8.59. The van der Waals surface area contributed by atoms with Gasteiger partial charge >= 0.3 is 0 Å². The molecule has 0 bridgehead atoms. The van der Waals surface area contributed by atoms with Crippen molar-refractivity contribution in [3.05, 3.63) is 37.4 Å². The lowest BCUT2D eigenvalue weighted by atomic mass is 10.3. The Labute approximate surface area is 146 Å². The number of imidazole rings is 2. The van der Waals surface area contributed by atoms with Crippen LogP contribution in [0.25, 0.3) is 0 Å². The van der Waals surface area contributed by atoms with E-state index in [0.717, 1.165) is 13.1 Å². The van der Waals surface area contributed by atoms with Gasteiger partial charge in [0.25, 0.3) is 0 Å². The minimum Gasteiger partial charge on any atom is -0.240 e. The normalized spacial score (nSPS) is 9.55. The van der Waals surface area contributed by atoms with Gasteiger partial charge in [-0.3, -0.25) is 0 Å². The number of nitrogens with zero attached hydrogens (tertiary/aromatic N) is 4. The van der Waals surface area contributed by atoms with E-state index < -0.39 is 0 Å². The number of hydrogen-bond acceptors (Lipinski definition) is 2. The van der Waals surface area contributed by atoms with Crippen molar-refractivity contribution in [2.24, 2.45) is 14.1 Å². The third-order valence-corrected chi connectivity index (χ3v) is 3.19. The van der Waals surface area contributed by atoms with E-state index >= 15 is 0 Å². The van der Waals surface area contributed by atoms with Crippen LogP contribution in [0.3, 0.4) is 0 Å². The number of aromatic nitrogens is 4. The first kappa shape index (κ1) is 21.1. The number of aryl methyl sites for hydroxylation is 4. The summed E-state index contributed by atoms with van der Waals surface area (Å²) >= 11 is 6.44. The average molecular weight is 345 g/mol. The Morgan fingerprint density at radius 1 is 0.773 bits per heavy atom. The van der Waals surface area contributed by atoms with Crippen molar-refractivity contribution in [2.45, 2.75) is 52.6 Å². The molecule has 126 valence electrons. The first-order valence-corrected chi connectivity index (χ1v) is 9.47. The van der Waals surface area contributed by atoms with E-state index in [0.29, 0.717) is 0 Å². The van der Waals surface area contributed by atoms with Gasteiger partial charge in [-0.15, -0.1) is 23.3 Å². The van der Waals surface area contributed by atoms with Gasteiger partial charge in [0.15, 0.2) is 0 Å². The highest BCUT2D eigenvalue weighted by Crippen LogP contribution is 1.92. The number of rotatable bonds is 6. The third-order valence-electron chi connectivity index (χ3n) is 3.19. The minimum atomic E-state index is 1.15. The molecule has 2 aromatic rings. The molecule has 0 aliphatic carbocycles. The monoisotopic (exact) mass is 344 g/mol. The van der Waals surface area contributed by atoms with Gasteiger partial charge in [0.05, 0.1) is 27.2 Å². The Balaban J connectivity index is 0.000000360. The van der Waals surface area contributed by atoms with E-state index in [4.69, 9.17) is 0 Å². The second-order valence-electron chi connectivity index (χ2n) is 5.34. The largest absolute Gasteiger partial charge is 0.243 e. The zero-order valence-corrected chi connectivity index (χ0v) is 16.2. The lowest BCUT2D eigenvalue weighted by Crippen LogP contribution is -2.23. The molecular formula is C16H32N4S2+2. The van der Waals surface area contributed by atoms with E-state index in [1.54, 1.807) is 0 Å². The lowest BCUT2D eigenvalue weighted by Gasteiger charge is -1.90. The van der Waals surface area contributed by atoms with E-state index in [-0.39, 0.29) is 0 Å². The van der Waals surface area contributed by atoms with Crippen molar-refractivity contribution in [1.82, 2.24) is 9.13 Å². The molecule has 0 fully saturated rings. The van der Waals surface area contributed by atoms with Gasteiger partial charge in [0.1, 0.15) is 24.8 Å². The molecule has 2 heterocycles. The van der Waals surface area contributed by atoms with Gasteiger partial charge in [-0.2, -0.15) is 0 Å². The molecule has 6 heteroatoms. The molecule has 0 spiro atoms. The van der Waals surface area contributed by atoms with Crippen LogP contribution in [-0.2, 0) is 27.2 Å². The molecule has 4 nitrogen and oxygen atoms in total. The summed E-state index contributed by atoms with van der Waals surface area (Å²) in [5, 5.41) is 0. The molecule has 0 atom stereocenters. The summed E-state index contributed by atoms with van der Waals surface area (Å²) in [4.78, 5) is 0. The number of thiol groups is 2. The fourth-order valence-electron chi connectivity index (χ4n) is 1.95. The second-order valence-corrected chi connectivity index (χ2v) is 5.34. The maximum atomic E-state index is 3.22. The first-order valence-electron chi connectivity index (χ1n) is 7.87.